The molecule has 0 spiro atoms. The van der Waals surface area contributed by atoms with Crippen molar-refractivity contribution in [2.24, 2.45) is 0 Å². The van der Waals surface area contributed by atoms with Crippen molar-refractivity contribution in [2.75, 3.05) is 0 Å². The molecule has 0 amide bonds. The molecule has 16 heavy (non-hydrogen) atoms. The molecule has 0 saturated heterocycles. The molecule has 3 heteroatoms. The Kier molecular flexibility index (Phi) is 3.03. The fraction of sp³-hybridized carbons (Fsp3) is 0.231. The van der Waals surface area contributed by atoms with Crippen LogP contribution in [0.5, 0.6) is 0 Å². The van der Waals surface area contributed by atoms with Crippen LogP contribution in [0.1, 0.15) is 28.6 Å². The summed E-state index contributed by atoms with van der Waals surface area (Å²) in [7, 11) is 0. The normalized spacial score (nSPS) is 12.8. The first-order valence-electron chi connectivity index (χ1n) is 5.07. The highest BCUT2D eigenvalue weighted by Gasteiger charge is 2.13. The second kappa shape index (κ2) is 4.32. The zero-order chi connectivity index (χ0) is 11.7. The average Bonchev–Trinajstić information content (AvgIpc) is 2.68. The molecule has 1 atom stereocenters. The topological polar surface area (TPSA) is 33.4 Å². The summed E-state index contributed by atoms with van der Waals surface area (Å²) in [6.07, 6.45) is 0.879. The summed E-state index contributed by atoms with van der Waals surface area (Å²) in [5, 5.41) is 10.8. The largest absolute Gasteiger partial charge is 0.469 e. The first-order chi connectivity index (χ1) is 7.58. The molecule has 0 saturated carbocycles. The molecule has 0 bridgehead atoms. The summed E-state index contributed by atoms with van der Waals surface area (Å²) in [6.45, 7) is 3.78. The van der Waals surface area contributed by atoms with Gasteiger partial charge in [-0.3, -0.25) is 0 Å². The highest BCUT2D eigenvalue weighted by Crippen LogP contribution is 2.27. The number of hydrogen-bond acceptors (Lipinski definition) is 2. The van der Waals surface area contributed by atoms with Crippen molar-refractivity contribution >= 4 is 11.6 Å². The fourth-order valence-electron chi connectivity index (χ4n) is 1.58. The zero-order valence-electron chi connectivity index (χ0n) is 9.20. The third kappa shape index (κ3) is 2.13. The number of halogens is 1. The van der Waals surface area contributed by atoms with Crippen molar-refractivity contribution in [1.82, 2.24) is 0 Å². The van der Waals surface area contributed by atoms with Gasteiger partial charge in [0.05, 0.1) is 6.26 Å². The first kappa shape index (κ1) is 11.2. The van der Waals surface area contributed by atoms with Gasteiger partial charge < -0.3 is 9.52 Å². The molecule has 0 aliphatic rings. The Morgan fingerprint density at radius 2 is 1.94 bits per heavy atom. The number of aryl methyl sites for hydroxylation is 2. The zero-order valence-corrected chi connectivity index (χ0v) is 9.95. The van der Waals surface area contributed by atoms with Gasteiger partial charge in [0.2, 0.25) is 0 Å². The van der Waals surface area contributed by atoms with Crippen LogP contribution in [0, 0.1) is 13.8 Å². The molecular formula is C13H13ClO2. The molecule has 1 N–H and O–H groups in total. The third-order valence-corrected chi connectivity index (χ3v) is 2.99. The van der Waals surface area contributed by atoms with Crippen LogP contribution in [0.15, 0.2) is 34.9 Å². The van der Waals surface area contributed by atoms with E-state index >= 15 is 0 Å². The number of benzene rings is 1. The van der Waals surface area contributed by atoms with Gasteiger partial charge in [-0.25, -0.2) is 0 Å². The van der Waals surface area contributed by atoms with Gasteiger partial charge in [-0.1, -0.05) is 23.7 Å². The van der Waals surface area contributed by atoms with Crippen molar-refractivity contribution in [1.29, 1.82) is 0 Å². The van der Waals surface area contributed by atoms with Crippen LogP contribution in [-0.4, -0.2) is 5.11 Å². The minimum atomic E-state index is -0.685. The molecule has 0 radical (unpaired) electrons. The highest BCUT2D eigenvalue weighted by molar-refractivity contribution is 6.31. The summed E-state index contributed by atoms with van der Waals surface area (Å²) in [5.41, 5.74) is 2.52. The predicted octanol–water partition coefficient (Wildman–Crippen LogP) is 3.63. The monoisotopic (exact) mass is 236 g/mol. The number of aliphatic hydroxyl groups is 1. The van der Waals surface area contributed by atoms with Gasteiger partial charge >= 0.3 is 0 Å². The number of hydrogen-bond donors (Lipinski definition) is 1. The molecule has 2 aromatic rings. The van der Waals surface area contributed by atoms with Crippen LogP contribution in [0.2, 0.25) is 5.02 Å². The molecular weight excluding hydrogens is 224 g/mol. The highest BCUT2D eigenvalue weighted by atomic mass is 35.5. The van der Waals surface area contributed by atoms with E-state index in [1.807, 2.05) is 32.0 Å². The van der Waals surface area contributed by atoms with Crippen LogP contribution in [0.4, 0.5) is 0 Å². The van der Waals surface area contributed by atoms with E-state index in [9.17, 15) is 5.11 Å². The summed E-state index contributed by atoms with van der Waals surface area (Å²) in [6, 6.07) is 7.37. The Morgan fingerprint density at radius 1 is 1.19 bits per heavy atom. The van der Waals surface area contributed by atoms with Crippen molar-refractivity contribution < 1.29 is 9.52 Å². The molecule has 1 aromatic carbocycles. The van der Waals surface area contributed by atoms with E-state index < -0.39 is 6.10 Å². The van der Waals surface area contributed by atoms with Crippen molar-refractivity contribution in [2.45, 2.75) is 20.0 Å². The molecule has 1 heterocycles. The summed E-state index contributed by atoms with van der Waals surface area (Å²) >= 11 is 6.02. The second-order valence-corrected chi connectivity index (χ2v) is 4.31. The van der Waals surface area contributed by atoms with E-state index in [-0.39, 0.29) is 0 Å². The third-order valence-electron chi connectivity index (χ3n) is 2.58. The van der Waals surface area contributed by atoms with Gasteiger partial charge in [-0.15, -0.1) is 0 Å². The average molecular weight is 237 g/mol. The SMILES string of the molecule is Cc1cc(C(O)c2ccc(C)c(Cl)c2)co1. The lowest BCUT2D eigenvalue weighted by Gasteiger charge is -2.09. The van der Waals surface area contributed by atoms with E-state index in [2.05, 4.69) is 0 Å². The number of furan rings is 1. The summed E-state index contributed by atoms with van der Waals surface area (Å²) < 4.78 is 5.17. The van der Waals surface area contributed by atoms with E-state index in [0.29, 0.717) is 5.02 Å². The predicted molar refractivity (Wildman–Crippen MR) is 63.7 cm³/mol. The van der Waals surface area contributed by atoms with Gasteiger partial charge in [0.1, 0.15) is 11.9 Å². The number of rotatable bonds is 2. The van der Waals surface area contributed by atoms with Gasteiger partial charge in [0, 0.05) is 10.6 Å². The smallest absolute Gasteiger partial charge is 0.107 e. The molecule has 84 valence electrons. The van der Waals surface area contributed by atoms with E-state index in [1.54, 1.807) is 12.3 Å². The van der Waals surface area contributed by atoms with Crippen molar-refractivity contribution in [3.8, 4) is 0 Å². The first-order valence-corrected chi connectivity index (χ1v) is 5.45. The van der Waals surface area contributed by atoms with E-state index in [4.69, 9.17) is 16.0 Å². The molecule has 0 fully saturated rings. The van der Waals surface area contributed by atoms with Crippen LogP contribution in [-0.2, 0) is 0 Å². The summed E-state index contributed by atoms with van der Waals surface area (Å²) in [5.74, 6) is 0.784. The molecule has 0 aliphatic carbocycles. The lowest BCUT2D eigenvalue weighted by atomic mass is 10.0. The van der Waals surface area contributed by atoms with Crippen LogP contribution < -0.4 is 0 Å². The summed E-state index contributed by atoms with van der Waals surface area (Å²) in [4.78, 5) is 0. The van der Waals surface area contributed by atoms with Gasteiger partial charge in [0.25, 0.3) is 0 Å². The number of aliphatic hydroxyl groups excluding tert-OH is 1. The van der Waals surface area contributed by atoms with Gasteiger partial charge in [-0.05, 0) is 37.1 Å². The molecule has 2 rings (SSSR count). The maximum Gasteiger partial charge on any atom is 0.107 e. The molecule has 1 unspecified atom stereocenters. The van der Waals surface area contributed by atoms with Crippen LogP contribution >= 0.6 is 11.6 Å². The van der Waals surface area contributed by atoms with Crippen molar-refractivity contribution in [3.05, 3.63) is 58.0 Å². The molecule has 1 aromatic heterocycles. The Hall–Kier alpha value is -1.25. The standard InChI is InChI=1S/C13H13ClO2/c1-8-3-4-10(6-12(8)14)13(15)11-5-9(2)16-7-11/h3-7,13,15H,1-2H3. The van der Waals surface area contributed by atoms with Crippen molar-refractivity contribution in [3.63, 3.8) is 0 Å². The maximum atomic E-state index is 10.1. The Morgan fingerprint density at radius 3 is 2.50 bits per heavy atom. The Balaban J connectivity index is 2.33. The van der Waals surface area contributed by atoms with Crippen LogP contribution in [0.3, 0.4) is 0 Å². The Labute approximate surface area is 99.5 Å². The Bertz CT molecular complexity index is 502. The van der Waals surface area contributed by atoms with E-state index in [0.717, 1.165) is 22.5 Å². The lowest BCUT2D eigenvalue weighted by Crippen LogP contribution is -1.98. The quantitative estimate of drug-likeness (QED) is 0.864. The lowest BCUT2D eigenvalue weighted by molar-refractivity contribution is 0.219. The van der Waals surface area contributed by atoms with Gasteiger partial charge in [-0.2, -0.15) is 0 Å². The minimum Gasteiger partial charge on any atom is -0.469 e. The molecule has 2 nitrogen and oxygen atoms in total. The van der Waals surface area contributed by atoms with Crippen LogP contribution in [0.25, 0.3) is 0 Å². The minimum absolute atomic E-state index is 0.664. The second-order valence-electron chi connectivity index (χ2n) is 3.90. The van der Waals surface area contributed by atoms with E-state index in [1.165, 1.54) is 0 Å². The molecule has 0 aliphatic heterocycles. The fourth-order valence-corrected chi connectivity index (χ4v) is 1.77. The maximum absolute atomic E-state index is 10.1. The van der Waals surface area contributed by atoms with Gasteiger partial charge in [0.15, 0.2) is 0 Å².